The van der Waals surface area contributed by atoms with E-state index in [0.29, 0.717) is 0 Å². The van der Waals surface area contributed by atoms with Crippen molar-refractivity contribution in [2.45, 2.75) is 39.5 Å². The van der Waals surface area contributed by atoms with Crippen LogP contribution in [0.4, 0.5) is 17.1 Å². The number of nitrogens with one attached hydrogen (secondary N) is 2. The number of hydrogen-bond acceptors (Lipinski definition) is 4. The summed E-state index contributed by atoms with van der Waals surface area (Å²) in [5.41, 5.74) is 4.91. The summed E-state index contributed by atoms with van der Waals surface area (Å²) in [6, 6.07) is 16.0. The van der Waals surface area contributed by atoms with E-state index in [4.69, 9.17) is 0 Å². The zero-order valence-electron chi connectivity index (χ0n) is 17.2. The van der Waals surface area contributed by atoms with Crippen molar-refractivity contribution in [3.05, 3.63) is 65.4 Å². The van der Waals surface area contributed by atoms with Crippen LogP contribution in [0, 0.1) is 18.3 Å². The third-order valence-electron chi connectivity index (χ3n) is 5.32. The Bertz CT molecular complexity index is 919. The number of benzene rings is 2. The molecule has 0 aromatic heterocycles. The van der Waals surface area contributed by atoms with E-state index in [1.165, 1.54) is 31.1 Å². The minimum atomic E-state index is -0.408. The number of piperidine rings is 1. The zero-order valence-corrected chi connectivity index (χ0v) is 17.2. The minimum Gasteiger partial charge on any atom is -0.372 e. The normalized spacial score (nSPS) is 14.2. The van der Waals surface area contributed by atoms with Crippen LogP contribution in [0.2, 0.25) is 0 Å². The van der Waals surface area contributed by atoms with Crippen molar-refractivity contribution in [3.63, 3.8) is 0 Å². The van der Waals surface area contributed by atoms with E-state index in [1.54, 1.807) is 0 Å². The van der Waals surface area contributed by atoms with Gasteiger partial charge >= 0.3 is 0 Å². The lowest BCUT2D eigenvalue weighted by Gasteiger charge is -2.28. The molecule has 3 rings (SSSR count). The van der Waals surface area contributed by atoms with Gasteiger partial charge in [0.1, 0.15) is 11.6 Å². The largest absolute Gasteiger partial charge is 0.372 e. The Morgan fingerprint density at radius 1 is 1.14 bits per heavy atom. The van der Waals surface area contributed by atoms with E-state index in [-0.39, 0.29) is 5.57 Å². The first kappa shape index (κ1) is 20.5. The van der Waals surface area contributed by atoms with Gasteiger partial charge in [-0.15, -0.1) is 0 Å². The third kappa shape index (κ3) is 5.17. The van der Waals surface area contributed by atoms with E-state index in [9.17, 15) is 10.1 Å². The molecule has 0 aliphatic carbocycles. The summed E-state index contributed by atoms with van der Waals surface area (Å²) in [5, 5.41) is 15.4. The molecule has 1 aliphatic heterocycles. The summed E-state index contributed by atoms with van der Waals surface area (Å²) in [5.74, 6) is -0.408. The Balaban J connectivity index is 1.67. The molecule has 2 aromatic rings. The maximum Gasteiger partial charge on any atom is 0.267 e. The average molecular weight is 389 g/mol. The highest BCUT2D eigenvalue weighted by Gasteiger charge is 2.13. The van der Waals surface area contributed by atoms with Gasteiger partial charge in [-0.2, -0.15) is 5.26 Å². The Kier molecular flexibility index (Phi) is 6.91. The van der Waals surface area contributed by atoms with Crippen LogP contribution in [-0.4, -0.2) is 19.0 Å². The van der Waals surface area contributed by atoms with Crippen LogP contribution in [0.25, 0.3) is 0 Å². The predicted molar refractivity (Wildman–Crippen MR) is 119 cm³/mol. The molecule has 1 aliphatic rings. The molecule has 5 nitrogen and oxygen atoms in total. The molecule has 1 saturated heterocycles. The van der Waals surface area contributed by atoms with Gasteiger partial charge in [0, 0.05) is 36.4 Å². The summed E-state index contributed by atoms with van der Waals surface area (Å²) >= 11 is 0. The number of carbonyl (C=O) groups is 1. The maximum atomic E-state index is 12.6. The van der Waals surface area contributed by atoms with Crippen molar-refractivity contribution in [1.29, 1.82) is 5.26 Å². The third-order valence-corrected chi connectivity index (χ3v) is 5.32. The molecule has 0 unspecified atom stereocenters. The van der Waals surface area contributed by atoms with Crippen LogP contribution in [0.15, 0.2) is 54.2 Å². The first-order valence-electron chi connectivity index (χ1n) is 10.2. The van der Waals surface area contributed by atoms with Gasteiger partial charge in [-0.05, 0) is 68.0 Å². The van der Waals surface area contributed by atoms with Gasteiger partial charge in [0.15, 0.2) is 0 Å². The Hall–Kier alpha value is -3.26. The van der Waals surface area contributed by atoms with Gasteiger partial charge in [-0.1, -0.05) is 25.1 Å². The van der Waals surface area contributed by atoms with E-state index in [1.807, 2.05) is 50.2 Å². The van der Waals surface area contributed by atoms with Crippen molar-refractivity contribution in [1.82, 2.24) is 0 Å². The lowest BCUT2D eigenvalue weighted by Crippen LogP contribution is -2.29. The highest BCUT2D eigenvalue weighted by Crippen LogP contribution is 2.23. The molecule has 1 fully saturated rings. The quantitative estimate of drug-likeness (QED) is 0.539. The molecule has 0 spiro atoms. The van der Waals surface area contributed by atoms with Crippen LogP contribution in [0.3, 0.4) is 0 Å². The molecular formula is C24H28N4O. The van der Waals surface area contributed by atoms with Crippen molar-refractivity contribution in [3.8, 4) is 6.07 Å². The van der Waals surface area contributed by atoms with Crippen molar-refractivity contribution < 1.29 is 4.79 Å². The number of amides is 1. The second-order valence-electron chi connectivity index (χ2n) is 7.33. The second-order valence-corrected chi connectivity index (χ2v) is 7.33. The maximum absolute atomic E-state index is 12.6. The SMILES string of the molecule is CCc1cccc(C)c1NC(=O)/C(C#N)=C\Nc1ccc(N2CCCCC2)cc1. The molecule has 2 N–H and O–H groups in total. The monoisotopic (exact) mass is 388 g/mol. The van der Waals surface area contributed by atoms with Gasteiger partial charge in [-0.3, -0.25) is 4.79 Å². The summed E-state index contributed by atoms with van der Waals surface area (Å²) in [6.07, 6.45) is 6.07. The predicted octanol–water partition coefficient (Wildman–Crippen LogP) is 5.01. The second kappa shape index (κ2) is 9.79. The zero-order chi connectivity index (χ0) is 20.6. The van der Waals surface area contributed by atoms with Crippen LogP contribution in [0.5, 0.6) is 0 Å². The smallest absolute Gasteiger partial charge is 0.267 e. The highest BCUT2D eigenvalue weighted by atomic mass is 16.1. The summed E-state index contributed by atoms with van der Waals surface area (Å²) in [6.45, 7) is 6.20. The van der Waals surface area contributed by atoms with E-state index >= 15 is 0 Å². The van der Waals surface area contributed by atoms with E-state index in [0.717, 1.165) is 42.0 Å². The fourth-order valence-corrected chi connectivity index (χ4v) is 3.61. The molecule has 0 radical (unpaired) electrons. The van der Waals surface area contributed by atoms with Gasteiger partial charge < -0.3 is 15.5 Å². The van der Waals surface area contributed by atoms with Crippen LogP contribution < -0.4 is 15.5 Å². The molecule has 2 aromatic carbocycles. The van der Waals surface area contributed by atoms with Crippen molar-refractivity contribution in [2.75, 3.05) is 28.6 Å². The minimum absolute atomic E-state index is 0.0374. The number of carbonyl (C=O) groups excluding carboxylic acids is 1. The Morgan fingerprint density at radius 2 is 1.86 bits per heavy atom. The number of hydrogen-bond donors (Lipinski definition) is 2. The van der Waals surface area contributed by atoms with Crippen LogP contribution >= 0.6 is 0 Å². The standard InChI is InChI=1S/C24H28N4O/c1-3-19-9-7-8-18(2)23(19)27-24(29)20(16-25)17-26-21-10-12-22(13-11-21)28-14-5-4-6-15-28/h7-13,17,26H,3-6,14-15H2,1-2H3,(H,27,29)/b20-17-. The molecule has 0 saturated carbocycles. The molecular weight excluding hydrogens is 360 g/mol. The summed E-state index contributed by atoms with van der Waals surface area (Å²) in [7, 11) is 0. The van der Waals surface area contributed by atoms with E-state index in [2.05, 4.69) is 27.7 Å². The van der Waals surface area contributed by atoms with Gasteiger partial charge in [-0.25, -0.2) is 0 Å². The van der Waals surface area contributed by atoms with E-state index < -0.39 is 5.91 Å². The van der Waals surface area contributed by atoms with Gasteiger partial charge in [0.25, 0.3) is 5.91 Å². The number of para-hydroxylation sites is 1. The Morgan fingerprint density at radius 3 is 2.52 bits per heavy atom. The molecule has 1 amide bonds. The van der Waals surface area contributed by atoms with Gasteiger partial charge in [0.05, 0.1) is 0 Å². The summed E-state index contributed by atoms with van der Waals surface area (Å²) < 4.78 is 0. The Labute approximate surface area is 173 Å². The lowest BCUT2D eigenvalue weighted by atomic mass is 10.1. The number of anilines is 3. The first-order valence-corrected chi connectivity index (χ1v) is 10.2. The fraction of sp³-hybridized carbons (Fsp3) is 0.333. The number of rotatable bonds is 6. The van der Waals surface area contributed by atoms with Crippen molar-refractivity contribution >= 4 is 23.0 Å². The molecule has 5 heteroatoms. The molecule has 29 heavy (non-hydrogen) atoms. The topological polar surface area (TPSA) is 68.2 Å². The fourth-order valence-electron chi connectivity index (χ4n) is 3.61. The highest BCUT2D eigenvalue weighted by molar-refractivity contribution is 6.07. The van der Waals surface area contributed by atoms with Crippen LogP contribution in [-0.2, 0) is 11.2 Å². The van der Waals surface area contributed by atoms with Gasteiger partial charge in [0.2, 0.25) is 0 Å². The molecule has 150 valence electrons. The molecule has 0 bridgehead atoms. The molecule has 1 heterocycles. The number of aryl methyl sites for hydroxylation is 2. The number of nitrogens with zero attached hydrogens (tertiary/aromatic N) is 2. The first-order chi connectivity index (χ1) is 14.1. The van der Waals surface area contributed by atoms with Crippen LogP contribution in [0.1, 0.15) is 37.3 Å². The number of nitriles is 1. The lowest BCUT2D eigenvalue weighted by molar-refractivity contribution is -0.112. The summed E-state index contributed by atoms with van der Waals surface area (Å²) in [4.78, 5) is 15.0. The average Bonchev–Trinajstić information content (AvgIpc) is 2.76. The molecule has 0 atom stereocenters. The van der Waals surface area contributed by atoms with Crippen molar-refractivity contribution in [2.24, 2.45) is 0 Å².